The van der Waals surface area contributed by atoms with E-state index in [1.165, 1.54) is 44.9 Å². The van der Waals surface area contributed by atoms with Gasteiger partial charge < -0.3 is 0 Å². The highest BCUT2D eigenvalue weighted by atomic mass is 15.0. The zero-order valence-corrected chi connectivity index (χ0v) is 9.76. The normalized spacial score (nSPS) is 26.9. The van der Waals surface area contributed by atoms with Crippen molar-refractivity contribution in [2.24, 2.45) is 5.92 Å². The first-order valence-corrected chi connectivity index (χ1v) is 6.49. The summed E-state index contributed by atoms with van der Waals surface area (Å²) in [6.07, 6.45) is 10.1. The van der Waals surface area contributed by atoms with Gasteiger partial charge in [0.05, 0.1) is 6.07 Å². The maximum Gasteiger partial charge on any atom is 0.109 e. The van der Waals surface area contributed by atoms with Crippen LogP contribution in [0.15, 0.2) is 0 Å². The molecule has 0 radical (unpaired) electrons. The van der Waals surface area contributed by atoms with Gasteiger partial charge in [-0.15, -0.1) is 0 Å². The lowest BCUT2D eigenvalue weighted by Gasteiger charge is -2.34. The van der Waals surface area contributed by atoms with Crippen molar-refractivity contribution in [2.45, 2.75) is 69.9 Å². The van der Waals surface area contributed by atoms with Crippen LogP contribution in [-0.4, -0.2) is 11.6 Å². The standard InChI is InChI=1S/C13H22N2/c1-2-13(10-14,11-8-9-11)15-12-6-4-3-5-7-12/h11-12,15H,2-9H2,1H3. The van der Waals surface area contributed by atoms with Gasteiger partial charge in [-0.3, -0.25) is 5.32 Å². The second kappa shape index (κ2) is 4.53. The van der Waals surface area contributed by atoms with Gasteiger partial charge in [0.2, 0.25) is 0 Å². The van der Waals surface area contributed by atoms with E-state index in [9.17, 15) is 5.26 Å². The molecule has 2 aliphatic carbocycles. The largest absolute Gasteiger partial charge is 0.296 e. The van der Waals surface area contributed by atoms with Gasteiger partial charge in [-0.1, -0.05) is 26.2 Å². The van der Waals surface area contributed by atoms with E-state index in [-0.39, 0.29) is 5.54 Å². The lowest BCUT2D eigenvalue weighted by atomic mass is 9.87. The number of nitriles is 1. The molecular formula is C13H22N2. The number of nitrogens with one attached hydrogen (secondary N) is 1. The Hall–Kier alpha value is -0.550. The highest BCUT2D eigenvalue weighted by Gasteiger charge is 2.45. The van der Waals surface area contributed by atoms with Gasteiger partial charge in [0.15, 0.2) is 0 Å². The first-order valence-electron chi connectivity index (χ1n) is 6.49. The van der Waals surface area contributed by atoms with Crippen LogP contribution >= 0.6 is 0 Å². The molecule has 2 nitrogen and oxygen atoms in total. The number of rotatable bonds is 4. The van der Waals surface area contributed by atoms with Crippen LogP contribution in [-0.2, 0) is 0 Å². The molecule has 2 aliphatic rings. The smallest absolute Gasteiger partial charge is 0.109 e. The summed E-state index contributed by atoms with van der Waals surface area (Å²) < 4.78 is 0. The van der Waals surface area contributed by atoms with Crippen LogP contribution in [0, 0.1) is 17.2 Å². The molecule has 0 aliphatic heterocycles. The molecule has 0 spiro atoms. The summed E-state index contributed by atoms with van der Waals surface area (Å²) in [6, 6.07) is 3.17. The maximum atomic E-state index is 9.41. The first-order chi connectivity index (χ1) is 7.30. The highest BCUT2D eigenvalue weighted by molar-refractivity contribution is 5.15. The molecule has 0 aromatic heterocycles. The van der Waals surface area contributed by atoms with Crippen molar-refractivity contribution in [3.05, 3.63) is 0 Å². The number of hydrogen-bond donors (Lipinski definition) is 1. The van der Waals surface area contributed by atoms with Crippen molar-refractivity contribution in [3.8, 4) is 6.07 Å². The molecule has 15 heavy (non-hydrogen) atoms. The van der Waals surface area contributed by atoms with Crippen molar-refractivity contribution in [1.82, 2.24) is 5.32 Å². The topological polar surface area (TPSA) is 35.8 Å². The minimum atomic E-state index is -0.192. The summed E-state index contributed by atoms with van der Waals surface area (Å²) >= 11 is 0. The molecule has 1 N–H and O–H groups in total. The molecule has 0 aromatic rings. The molecule has 2 saturated carbocycles. The van der Waals surface area contributed by atoms with E-state index in [4.69, 9.17) is 0 Å². The van der Waals surface area contributed by atoms with Crippen LogP contribution in [0.1, 0.15) is 58.3 Å². The molecule has 1 unspecified atom stereocenters. The first kappa shape index (κ1) is 11.0. The molecule has 0 heterocycles. The summed E-state index contributed by atoms with van der Waals surface area (Å²) in [6.45, 7) is 2.15. The van der Waals surface area contributed by atoms with Crippen molar-refractivity contribution < 1.29 is 0 Å². The molecule has 2 heteroatoms. The summed E-state index contributed by atoms with van der Waals surface area (Å²) in [4.78, 5) is 0. The maximum absolute atomic E-state index is 9.41. The minimum Gasteiger partial charge on any atom is -0.296 e. The summed E-state index contributed by atoms with van der Waals surface area (Å²) in [7, 11) is 0. The van der Waals surface area contributed by atoms with Crippen molar-refractivity contribution in [3.63, 3.8) is 0 Å². The van der Waals surface area contributed by atoms with Gasteiger partial charge in [0.25, 0.3) is 0 Å². The molecule has 0 amide bonds. The van der Waals surface area contributed by atoms with Crippen LogP contribution < -0.4 is 5.32 Å². The van der Waals surface area contributed by atoms with Gasteiger partial charge >= 0.3 is 0 Å². The van der Waals surface area contributed by atoms with E-state index in [2.05, 4.69) is 18.3 Å². The average Bonchev–Trinajstić information content (AvgIpc) is 3.12. The fourth-order valence-electron chi connectivity index (χ4n) is 2.90. The summed E-state index contributed by atoms with van der Waals surface area (Å²) in [5.74, 6) is 0.634. The van der Waals surface area contributed by atoms with Crippen LogP contribution in [0.4, 0.5) is 0 Å². The lowest BCUT2D eigenvalue weighted by Crippen LogP contribution is -2.51. The second-order valence-corrected chi connectivity index (χ2v) is 5.19. The fraction of sp³-hybridized carbons (Fsp3) is 0.923. The predicted octanol–water partition coefficient (Wildman–Crippen LogP) is 2.99. The Morgan fingerprint density at radius 3 is 2.33 bits per heavy atom. The van der Waals surface area contributed by atoms with Crippen molar-refractivity contribution >= 4 is 0 Å². The Bertz CT molecular complexity index is 246. The van der Waals surface area contributed by atoms with Crippen LogP contribution in [0.3, 0.4) is 0 Å². The Morgan fingerprint density at radius 2 is 1.87 bits per heavy atom. The van der Waals surface area contributed by atoms with E-state index >= 15 is 0 Å². The zero-order chi connectivity index (χ0) is 10.7. The molecule has 0 saturated heterocycles. The molecule has 1 atom stereocenters. The van der Waals surface area contributed by atoms with E-state index in [1.807, 2.05) is 0 Å². The zero-order valence-electron chi connectivity index (χ0n) is 9.76. The number of hydrogen-bond acceptors (Lipinski definition) is 2. The average molecular weight is 206 g/mol. The molecule has 0 bridgehead atoms. The van der Waals surface area contributed by atoms with Crippen LogP contribution in [0.2, 0.25) is 0 Å². The van der Waals surface area contributed by atoms with Crippen molar-refractivity contribution in [2.75, 3.05) is 0 Å². The van der Waals surface area contributed by atoms with Crippen molar-refractivity contribution in [1.29, 1.82) is 5.26 Å². The molecule has 84 valence electrons. The Kier molecular flexibility index (Phi) is 3.31. The number of nitrogens with zero attached hydrogens (tertiary/aromatic N) is 1. The van der Waals surface area contributed by atoms with E-state index in [0.29, 0.717) is 12.0 Å². The van der Waals surface area contributed by atoms with E-state index < -0.39 is 0 Å². The van der Waals surface area contributed by atoms with E-state index in [1.54, 1.807) is 0 Å². The fourth-order valence-corrected chi connectivity index (χ4v) is 2.90. The van der Waals surface area contributed by atoms with Gasteiger partial charge in [0, 0.05) is 6.04 Å². The van der Waals surface area contributed by atoms with Gasteiger partial charge in [-0.05, 0) is 38.0 Å². The predicted molar refractivity (Wildman–Crippen MR) is 61.4 cm³/mol. The quantitative estimate of drug-likeness (QED) is 0.767. The second-order valence-electron chi connectivity index (χ2n) is 5.19. The Labute approximate surface area is 93.0 Å². The third-order valence-electron chi connectivity index (χ3n) is 4.10. The summed E-state index contributed by atoms with van der Waals surface area (Å²) in [5, 5.41) is 13.1. The molecule has 2 fully saturated rings. The monoisotopic (exact) mass is 206 g/mol. The molecule has 0 aromatic carbocycles. The minimum absolute atomic E-state index is 0.192. The van der Waals surface area contributed by atoms with E-state index in [0.717, 1.165) is 6.42 Å². The lowest BCUT2D eigenvalue weighted by molar-refractivity contribution is 0.264. The Balaban J connectivity index is 1.96. The van der Waals surface area contributed by atoms with Crippen LogP contribution in [0.25, 0.3) is 0 Å². The third-order valence-corrected chi connectivity index (χ3v) is 4.10. The van der Waals surface area contributed by atoms with Gasteiger partial charge in [-0.25, -0.2) is 0 Å². The van der Waals surface area contributed by atoms with Crippen LogP contribution in [0.5, 0.6) is 0 Å². The Morgan fingerprint density at radius 1 is 1.20 bits per heavy atom. The van der Waals surface area contributed by atoms with Gasteiger partial charge in [0.1, 0.15) is 5.54 Å². The summed E-state index contributed by atoms with van der Waals surface area (Å²) in [5.41, 5.74) is -0.192. The SMILES string of the molecule is CCC(C#N)(NC1CCCCC1)C1CC1. The third kappa shape index (κ3) is 2.34. The highest BCUT2D eigenvalue weighted by Crippen LogP contribution is 2.42. The van der Waals surface area contributed by atoms with Gasteiger partial charge in [-0.2, -0.15) is 5.26 Å². The molecule has 2 rings (SSSR count). The molecular weight excluding hydrogens is 184 g/mol.